The average molecular weight is 850 g/mol. The van der Waals surface area contributed by atoms with Crippen molar-refractivity contribution in [2.45, 2.75) is 135 Å². The molecule has 2 aromatic rings. The summed E-state index contributed by atoms with van der Waals surface area (Å²) in [5, 5.41) is 39.9. The molecular formula is C45H55NO15. The van der Waals surface area contributed by atoms with E-state index in [1.54, 1.807) is 83.1 Å². The third kappa shape index (κ3) is 7.94. The number of Topliss-reactive ketones (excluding diaryl/α,β-unsaturated/α-hetero) is 1. The first-order valence-electron chi connectivity index (χ1n) is 20.2. The number of alkyl carbamates (subject to hydrolysis) is 1. The van der Waals surface area contributed by atoms with Crippen molar-refractivity contribution in [1.82, 2.24) is 5.32 Å². The highest BCUT2D eigenvalue weighted by molar-refractivity contribution is 5.95. The van der Waals surface area contributed by atoms with E-state index in [4.69, 9.17) is 28.4 Å². The molecule has 2 bridgehead atoms. The summed E-state index contributed by atoms with van der Waals surface area (Å²) >= 11 is 0. The zero-order valence-corrected chi connectivity index (χ0v) is 35.8. The zero-order valence-electron chi connectivity index (χ0n) is 35.8. The number of hydrogen-bond donors (Lipinski definition) is 4. The van der Waals surface area contributed by atoms with Gasteiger partial charge in [0.2, 0.25) is 0 Å². The number of aliphatic hydroxyl groups is 3. The summed E-state index contributed by atoms with van der Waals surface area (Å²) in [5.41, 5.74) is -8.30. The Morgan fingerprint density at radius 1 is 0.902 bits per heavy atom. The Morgan fingerprint density at radius 2 is 1.51 bits per heavy atom. The largest absolute Gasteiger partial charge is 0.456 e. The lowest BCUT2D eigenvalue weighted by atomic mass is 9.44. The second kappa shape index (κ2) is 16.3. The monoisotopic (exact) mass is 849 g/mol. The summed E-state index contributed by atoms with van der Waals surface area (Å²) in [5.74, 6) is -6.30. The molecule has 1 aliphatic heterocycles. The van der Waals surface area contributed by atoms with Gasteiger partial charge in [0, 0.05) is 32.1 Å². The number of carbonyl (C=O) groups is 6. The van der Waals surface area contributed by atoms with Gasteiger partial charge in [-0.15, -0.1) is 0 Å². The fourth-order valence-electron chi connectivity index (χ4n) is 9.80. The van der Waals surface area contributed by atoms with Crippen molar-refractivity contribution in [3.63, 3.8) is 0 Å². The third-order valence-corrected chi connectivity index (χ3v) is 12.8. The molecule has 61 heavy (non-hydrogen) atoms. The van der Waals surface area contributed by atoms with Crippen LogP contribution in [-0.2, 0) is 47.6 Å². The van der Waals surface area contributed by atoms with Gasteiger partial charge in [-0.2, -0.15) is 0 Å². The molecule has 16 nitrogen and oxygen atoms in total. The number of benzene rings is 2. The first-order chi connectivity index (χ1) is 28.4. The van der Waals surface area contributed by atoms with Gasteiger partial charge in [-0.05, 0) is 63.5 Å². The smallest absolute Gasteiger partial charge is 0.408 e. The third-order valence-electron chi connectivity index (χ3n) is 12.8. The van der Waals surface area contributed by atoms with Crippen LogP contribution in [0.5, 0.6) is 0 Å². The van der Waals surface area contributed by atoms with Gasteiger partial charge >= 0.3 is 30.0 Å². The summed E-state index contributed by atoms with van der Waals surface area (Å²) in [6, 6.07) is 14.5. The summed E-state index contributed by atoms with van der Waals surface area (Å²) in [6.07, 6.45) is -11.5. The van der Waals surface area contributed by atoms with Crippen molar-refractivity contribution in [2.24, 2.45) is 16.7 Å². The number of nitrogens with one attached hydrogen (secondary N) is 1. The van der Waals surface area contributed by atoms with Gasteiger partial charge < -0.3 is 49.1 Å². The summed E-state index contributed by atoms with van der Waals surface area (Å²) in [4.78, 5) is 82.9. The first-order valence-corrected chi connectivity index (χ1v) is 20.2. The second-order valence-electron chi connectivity index (χ2n) is 18.2. The molecule has 2 saturated carbocycles. The number of carbonyl (C=O) groups excluding carboxylic acids is 6. The maximum atomic E-state index is 15.5. The molecule has 11 atom stereocenters. The van der Waals surface area contributed by atoms with E-state index in [-0.39, 0.29) is 29.7 Å². The van der Waals surface area contributed by atoms with Crippen molar-refractivity contribution < 1.29 is 72.5 Å². The molecule has 1 saturated heterocycles. The Kier molecular flexibility index (Phi) is 12.1. The molecule has 0 radical (unpaired) electrons. The van der Waals surface area contributed by atoms with Gasteiger partial charge in [0.15, 0.2) is 23.6 Å². The van der Waals surface area contributed by atoms with Gasteiger partial charge in [-0.3, -0.25) is 14.4 Å². The Labute approximate surface area is 353 Å². The quantitative estimate of drug-likeness (QED) is 0.160. The normalized spacial score (nSPS) is 32.5. The Hall–Kier alpha value is -5.16. The highest BCUT2D eigenvalue weighted by Crippen LogP contribution is 2.64. The molecule has 1 heterocycles. The molecule has 4 aliphatic rings. The summed E-state index contributed by atoms with van der Waals surface area (Å²) in [6.45, 7) is 12.9. The maximum absolute atomic E-state index is 15.5. The van der Waals surface area contributed by atoms with E-state index in [9.17, 15) is 39.3 Å². The molecule has 1 amide bonds. The van der Waals surface area contributed by atoms with Crippen molar-refractivity contribution >= 4 is 35.8 Å². The predicted molar refractivity (Wildman–Crippen MR) is 213 cm³/mol. The van der Waals surface area contributed by atoms with Crippen LogP contribution < -0.4 is 5.32 Å². The van der Waals surface area contributed by atoms with Gasteiger partial charge in [0.05, 0.1) is 35.6 Å². The van der Waals surface area contributed by atoms with Crippen LogP contribution in [0.2, 0.25) is 0 Å². The molecule has 330 valence electrons. The van der Waals surface area contributed by atoms with E-state index < -0.39 is 118 Å². The number of esters is 4. The van der Waals surface area contributed by atoms with E-state index in [1.165, 1.54) is 26.0 Å². The average Bonchev–Trinajstić information content (AvgIpc) is 3.17. The van der Waals surface area contributed by atoms with Crippen LogP contribution in [0.25, 0.3) is 0 Å². The number of rotatable bonds is 9. The van der Waals surface area contributed by atoms with Crippen LogP contribution >= 0.6 is 0 Å². The number of amides is 1. The fourth-order valence-corrected chi connectivity index (χ4v) is 9.80. The minimum atomic E-state index is -2.40. The Bertz CT molecular complexity index is 2100. The number of hydrogen-bond acceptors (Lipinski definition) is 15. The molecule has 4 N–H and O–H groups in total. The molecule has 6 rings (SSSR count). The molecule has 0 spiro atoms. The van der Waals surface area contributed by atoms with E-state index in [2.05, 4.69) is 5.32 Å². The number of aliphatic hydroxyl groups excluding tert-OH is 2. The molecule has 3 aliphatic carbocycles. The van der Waals surface area contributed by atoms with Crippen LogP contribution in [0.3, 0.4) is 0 Å². The van der Waals surface area contributed by atoms with Crippen molar-refractivity contribution in [3.8, 4) is 0 Å². The van der Waals surface area contributed by atoms with E-state index in [1.807, 2.05) is 0 Å². The van der Waals surface area contributed by atoms with E-state index in [0.717, 1.165) is 13.8 Å². The predicted octanol–water partition coefficient (Wildman–Crippen LogP) is 3.83. The molecule has 0 aromatic heterocycles. The number of fused-ring (bicyclic) bond motifs is 5. The Balaban J connectivity index is 1.54. The fraction of sp³-hybridized carbons (Fsp3) is 0.556. The SMILES string of the molecule is CC(=O)OC1C(=O)C2(C)C(O)CC3OCC3(OC(C)=O)C2C(OC(=O)c2ccccc2)C2(O)CC(OC(=O)C(O)C(NC(=O)OC(C)(C)C)c3ccccc3)C(C)=C1C2(C)C. The van der Waals surface area contributed by atoms with Gasteiger partial charge in [0.25, 0.3) is 0 Å². The standard InChI is InChI=1S/C45H55NO15/c1-23-28(58-39(53)33(50)32(26-16-12-10-13-17-26)46-40(54)61-41(4,5)6)21-45(55)37(59-38(52)27-18-14-11-15-19-27)35-43(9,29(49)20-30-44(35,22-56-30)60-25(3)48)36(51)34(57-24(2)47)31(23)42(45,7)8/h10-19,28-30,32-35,37,49-50,55H,20-22H2,1-9H3,(H,46,54). The van der Waals surface area contributed by atoms with Crippen molar-refractivity contribution in [2.75, 3.05) is 6.61 Å². The van der Waals surface area contributed by atoms with Crippen LogP contribution in [0.1, 0.15) is 97.1 Å². The second-order valence-corrected chi connectivity index (χ2v) is 18.2. The topological polar surface area (TPSA) is 231 Å². The van der Waals surface area contributed by atoms with Crippen molar-refractivity contribution in [3.05, 3.63) is 82.9 Å². The van der Waals surface area contributed by atoms with Crippen LogP contribution in [0.4, 0.5) is 4.79 Å². The van der Waals surface area contributed by atoms with E-state index >= 15 is 4.79 Å². The van der Waals surface area contributed by atoms with Crippen LogP contribution in [0, 0.1) is 16.7 Å². The number of ketones is 1. The Morgan fingerprint density at radius 3 is 2.05 bits per heavy atom. The minimum absolute atomic E-state index is 0.0126. The summed E-state index contributed by atoms with van der Waals surface area (Å²) < 4.78 is 35.6. The highest BCUT2D eigenvalue weighted by Gasteiger charge is 2.78. The molecule has 16 heteroatoms. The van der Waals surface area contributed by atoms with Crippen LogP contribution in [0.15, 0.2) is 71.8 Å². The zero-order chi connectivity index (χ0) is 45.0. The summed E-state index contributed by atoms with van der Waals surface area (Å²) in [7, 11) is 0. The highest BCUT2D eigenvalue weighted by atomic mass is 16.6. The van der Waals surface area contributed by atoms with E-state index in [0.29, 0.717) is 5.56 Å². The maximum Gasteiger partial charge on any atom is 0.408 e. The first kappa shape index (κ1) is 45.4. The van der Waals surface area contributed by atoms with Gasteiger partial charge in [-0.1, -0.05) is 62.4 Å². The van der Waals surface area contributed by atoms with Crippen molar-refractivity contribution in [1.29, 1.82) is 0 Å². The molecule has 2 aromatic carbocycles. The van der Waals surface area contributed by atoms with Gasteiger partial charge in [0.1, 0.15) is 29.5 Å². The molecule has 11 unspecified atom stereocenters. The lowest BCUT2D eigenvalue weighted by Gasteiger charge is -2.67. The molecule has 3 fully saturated rings. The number of ether oxygens (including phenoxy) is 6. The lowest BCUT2D eigenvalue weighted by Crippen LogP contribution is -2.82. The molecular weight excluding hydrogens is 794 g/mol. The van der Waals surface area contributed by atoms with Crippen LogP contribution in [-0.4, -0.2) is 111 Å². The lowest BCUT2D eigenvalue weighted by molar-refractivity contribution is -0.346. The minimum Gasteiger partial charge on any atom is -0.456 e. The van der Waals surface area contributed by atoms with Gasteiger partial charge in [-0.25, -0.2) is 14.4 Å².